The summed E-state index contributed by atoms with van der Waals surface area (Å²) in [5.74, 6) is 0.908. The van der Waals surface area contributed by atoms with E-state index < -0.39 is 0 Å². The van der Waals surface area contributed by atoms with Crippen molar-refractivity contribution in [2.75, 3.05) is 26.7 Å². The SMILES string of the molecule is CNCCC1CCN(Cc2ccc(C)c(Cl)c2)CC1. The Hall–Kier alpha value is -0.570. The van der Waals surface area contributed by atoms with Gasteiger partial charge in [0, 0.05) is 11.6 Å². The molecule has 0 amide bonds. The minimum absolute atomic E-state index is 0.890. The Morgan fingerprint density at radius 3 is 2.68 bits per heavy atom. The molecule has 1 heterocycles. The van der Waals surface area contributed by atoms with Gasteiger partial charge in [0.25, 0.3) is 0 Å². The quantitative estimate of drug-likeness (QED) is 0.888. The molecule has 0 spiro atoms. The monoisotopic (exact) mass is 280 g/mol. The van der Waals surface area contributed by atoms with Gasteiger partial charge in [-0.1, -0.05) is 23.7 Å². The molecule has 3 heteroatoms. The van der Waals surface area contributed by atoms with E-state index in [4.69, 9.17) is 11.6 Å². The van der Waals surface area contributed by atoms with Crippen LogP contribution < -0.4 is 5.32 Å². The van der Waals surface area contributed by atoms with Gasteiger partial charge < -0.3 is 5.32 Å². The molecule has 1 N–H and O–H groups in total. The van der Waals surface area contributed by atoms with E-state index in [2.05, 4.69) is 35.3 Å². The van der Waals surface area contributed by atoms with Crippen LogP contribution in [-0.2, 0) is 6.54 Å². The minimum atomic E-state index is 0.890. The lowest BCUT2D eigenvalue weighted by Crippen LogP contribution is -2.34. The van der Waals surface area contributed by atoms with E-state index in [0.29, 0.717) is 0 Å². The van der Waals surface area contributed by atoms with E-state index in [9.17, 15) is 0 Å². The van der Waals surface area contributed by atoms with Crippen LogP contribution in [-0.4, -0.2) is 31.6 Å². The molecule has 0 aromatic heterocycles. The molecule has 2 rings (SSSR count). The summed E-state index contributed by atoms with van der Waals surface area (Å²) in [6.45, 7) is 6.69. The fourth-order valence-electron chi connectivity index (χ4n) is 2.77. The molecule has 1 saturated heterocycles. The second-order valence-corrected chi connectivity index (χ2v) is 6.10. The van der Waals surface area contributed by atoms with E-state index in [-0.39, 0.29) is 0 Å². The van der Waals surface area contributed by atoms with Gasteiger partial charge in [0.05, 0.1) is 0 Å². The van der Waals surface area contributed by atoms with Crippen LogP contribution in [0.3, 0.4) is 0 Å². The van der Waals surface area contributed by atoms with Crippen LogP contribution in [0, 0.1) is 12.8 Å². The number of hydrogen-bond donors (Lipinski definition) is 1. The Labute approximate surface area is 122 Å². The van der Waals surface area contributed by atoms with Gasteiger partial charge in [-0.25, -0.2) is 0 Å². The molecule has 0 radical (unpaired) electrons. The Balaban J connectivity index is 1.80. The average molecular weight is 281 g/mol. The maximum Gasteiger partial charge on any atom is 0.0438 e. The second-order valence-electron chi connectivity index (χ2n) is 5.70. The predicted molar refractivity (Wildman–Crippen MR) is 82.7 cm³/mol. The number of nitrogens with one attached hydrogen (secondary N) is 1. The summed E-state index contributed by atoms with van der Waals surface area (Å²) in [6.07, 6.45) is 3.99. The molecule has 0 bridgehead atoms. The fourth-order valence-corrected chi connectivity index (χ4v) is 2.98. The first-order valence-corrected chi connectivity index (χ1v) is 7.69. The molecule has 1 aliphatic rings. The van der Waals surface area contributed by atoms with Gasteiger partial charge in [-0.05, 0) is 76.0 Å². The Morgan fingerprint density at radius 2 is 2.05 bits per heavy atom. The largest absolute Gasteiger partial charge is 0.320 e. The summed E-state index contributed by atoms with van der Waals surface area (Å²) in [6, 6.07) is 6.44. The highest BCUT2D eigenvalue weighted by atomic mass is 35.5. The van der Waals surface area contributed by atoms with Gasteiger partial charge in [-0.2, -0.15) is 0 Å². The van der Waals surface area contributed by atoms with E-state index in [1.54, 1.807) is 0 Å². The molecule has 0 saturated carbocycles. The molecule has 1 aliphatic heterocycles. The van der Waals surface area contributed by atoms with Crippen molar-refractivity contribution < 1.29 is 0 Å². The van der Waals surface area contributed by atoms with Crippen LogP contribution in [0.25, 0.3) is 0 Å². The minimum Gasteiger partial charge on any atom is -0.320 e. The summed E-state index contributed by atoms with van der Waals surface area (Å²) in [4.78, 5) is 2.55. The van der Waals surface area contributed by atoms with Crippen molar-refractivity contribution in [1.29, 1.82) is 0 Å². The topological polar surface area (TPSA) is 15.3 Å². The van der Waals surface area contributed by atoms with Gasteiger partial charge in [0.1, 0.15) is 0 Å². The molecule has 19 heavy (non-hydrogen) atoms. The van der Waals surface area contributed by atoms with Crippen molar-refractivity contribution in [3.05, 3.63) is 34.3 Å². The van der Waals surface area contributed by atoms with Crippen molar-refractivity contribution in [3.8, 4) is 0 Å². The molecule has 0 aliphatic carbocycles. The van der Waals surface area contributed by atoms with E-state index in [1.807, 2.05) is 7.05 Å². The van der Waals surface area contributed by atoms with Crippen LogP contribution in [0.1, 0.15) is 30.4 Å². The number of hydrogen-bond acceptors (Lipinski definition) is 2. The van der Waals surface area contributed by atoms with Gasteiger partial charge >= 0.3 is 0 Å². The summed E-state index contributed by atoms with van der Waals surface area (Å²) in [5.41, 5.74) is 2.50. The van der Waals surface area contributed by atoms with Crippen molar-refractivity contribution in [2.24, 2.45) is 5.92 Å². The first kappa shape index (κ1) is 14.8. The number of likely N-dealkylation sites (tertiary alicyclic amines) is 1. The lowest BCUT2D eigenvalue weighted by atomic mass is 9.93. The molecular weight excluding hydrogens is 256 g/mol. The van der Waals surface area contributed by atoms with Crippen LogP contribution >= 0.6 is 11.6 Å². The number of rotatable bonds is 5. The van der Waals surface area contributed by atoms with Crippen molar-refractivity contribution in [3.63, 3.8) is 0 Å². The van der Waals surface area contributed by atoms with E-state index >= 15 is 0 Å². The zero-order chi connectivity index (χ0) is 13.7. The zero-order valence-electron chi connectivity index (χ0n) is 12.1. The normalized spacial score (nSPS) is 17.8. The molecule has 0 unspecified atom stereocenters. The third-order valence-corrected chi connectivity index (χ3v) is 4.56. The highest BCUT2D eigenvalue weighted by Gasteiger charge is 2.18. The first-order valence-electron chi connectivity index (χ1n) is 7.31. The number of aryl methyl sites for hydroxylation is 1. The fraction of sp³-hybridized carbons (Fsp3) is 0.625. The van der Waals surface area contributed by atoms with Crippen LogP contribution in [0.15, 0.2) is 18.2 Å². The summed E-state index contributed by atoms with van der Waals surface area (Å²) in [7, 11) is 2.04. The number of benzene rings is 1. The molecule has 1 aromatic carbocycles. The summed E-state index contributed by atoms with van der Waals surface area (Å²) in [5, 5.41) is 4.14. The van der Waals surface area contributed by atoms with Gasteiger partial charge in [-0.15, -0.1) is 0 Å². The highest BCUT2D eigenvalue weighted by Crippen LogP contribution is 2.23. The lowest BCUT2D eigenvalue weighted by molar-refractivity contribution is 0.172. The van der Waals surface area contributed by atoms with Gasteiger partial charge in [0.2, 0.25) is 0 Å². The van der Waals surface area contributed by atoms with Crippen LogP contribution in [0.2, 0.25) is 5.02 Å². The molecule has 106 valence electrons. The van der Waals surface area contributed by atoms with Gasteiger partial charge in [-0.3, -0.25) is 4.90 Å². The van der Waals surface area contributed by atoms with Crippen molar-refractivity contribution in [1.82, 2.24) is 10.2 Å². The summed E-state index contributed by atoms with van der Waals surface area (Å²) >= 11 is 6.19. The predicted octanol–water partition coefficient (Wildman–Crippen LogP) is 3.47. The van der Waals surface area contributed by atoms with Crippen molar-refractivity contribution in [2.45, 2.75) is 32.7 Å². The molecule has 2 nitrogen and oxygen atoms in total. The lowest BCUT2D eigenvalue weighted by Gasteiger charge is -2.32. The van der Waals surface area contributed by atoms with E-state index in [1.165, 1.54) is 37.9 Å². The smallest absolute Gasteiger partial charge is 0.0438 e. The number of piperidine rings is 1. The molecular formula is C16H25ClN2. The third-order valence-electron chi connectivity index (χ3n) is 4.15. The summed E-state index contributed by atoms with van der Waals surface area (Å²) < 4.78 is 0. The Morgan fingerprint density at radius 1 is 1.32 bits per heavy atom. The highest BCUT2D eigenvalue weighted by molar-refractivity contribution is 6.31. The number of halogens is 1. The molecule has 1 fully saturated rings. The first-order chi connectivity index (χ1) is 9.19. The zero-order valence-corrected chi connectivity index (χ0v) is 12.8. The second kappa shape index (κ2) is 7.28. The van der Waals surface area contributed by atoms with Gasteiger partial charge in [0.15, 0.2) is 0 Å². The maximum absolute atomic E-state index is 6.19. The average Bonchev–Trinajstić information content (AvgIpc) is 2.42. The third kappa shape index (κ3) is 4.48. The molecule has 1 aromatic rings. The Kier molecular flexibility index (Phi) is 5.68. The molecule has 0 atom stereocenters. The van der Waals surface area contributed by atoms with E-state index in [0.717, 1.165) is 29.6 Å². The van der Waals surface area contributed by atoms with Crippen LogP contribution in [0.4, 0.5) is 0 Å². The number of nitrogens with zero attached hydrogens (tertiary/aromatic N) is 1. The van der Waals surface area contributed by atoms with Crippen LogP contribution in [0.5, 0.6) is 0 Å². The Bertz CT molecular complexity index is 398. The standard InChI is InChI=1S/C16H25ClN2/c1-13-3-4-15(11-16(13)17)12-19-9-6-14(7-10-19)5-8-18-2/h3-4,11,14,18H,5-10,12H2,1-2H3. The maximum atomic E-state index is 6.19. The van der Waals surface area contributed by atoms with Crippen molar-refractivity contribution >= 4 is 11.6 Å².